The molecule has 0 unspecified atom stereocenters. The van der Waals surface area contributed by atoms with Gasteiger partial charge in [0, 0.05) is 22.5 Å². The lowest BCUT2D eigenvalue weighted by atomic mass is 10.1. The zero-order valence-corrected chi connectivity index (χ0v) is 21.4. The lowest BCUT2D eigenvalue weighted by Crippen LogP contribution is -2.23. The zero-order valence-electron chi connectivity index (χ0n) is 21.4. The second-order valence-corrected chi connectivity index (χ2v) is 10.1. The molecule has 1 atom stereocenters. The lowest BCUT2D eigenvalue weighted by Gasteiger charge is -2.27. The van der Waals surface area contributed by atoms with E-state index in [4.69, 9.17) is 0 Å². The maximum atomic E-state index is 2.54. The van der Waals surface area contributed by atoms with Crippen molar-refractivity contribution in [3.8, 4) is 0 Å². The van der Waals surface area contributed by atoms with E-state index < -0.39 is 0 Å². The number of para-hydroxylation sites is 4. The molecule has 0 fully saturated rings. The van der Waals surface area contributed by atoms with Crippen molar-refractivity contribution in [3.63, 3.8) is 0 Å². The van der Waals surface area contributed by atoms with Crippen LogP contribution in [0.4, 0.5) is 11.4 Å². The molecule has 4 heteroatoms. The Morgan fingerprint density at radius 1 is 0.632 bits per heavy atom. The molecule has 0 amide bonds. The van der Waals surface area contributed by atoms with Crippen LogP contribution in [0.15, 0.2) is 121 Å². The molecule has 4 nitrogen and oxygen atoms in total. The summed E-state index contributed by atoms with van der Waals surface area (Å²) >= 11 is 0. The van der Waals surface area contributed by atoms with Crippen molar-refractivity contribution < 1.29 is 4.40 Å². The molecule has 3 aromatic heterocycles. The third-order valence-corrected chi connectivity index (χ3v) is 8.10. The van der Waals surface area contributed by atoms with Gasteiger partial charge in [-0.25, -0.2) is 0 Å². The maximum absolute atomic E-state index is 2.54. The van der Waals surface area contributed by atoms with Gasteiger partial charge >= 0.3 is 0 Å². The summed E-state index contributed by atoms with van der Waals surface area (Å²) in [5.41, 5.74) is 9.65. The van der Waals surface area contributed by atoms with Gasteiger partial charge in [-0.2, -0.15) is 8.80 Å². The minimum absolute atomic E-state index is 0.0699. The van der Waals surface area contributed by atoms with E-state index in [0.717, 1.165) is 5.65 Å². The van der Waals surface area contributed by atoms with Crippen LogP contribution >= 0.6 is 0 Å². The summed E-state index contributed by atoms with van der Waals surface area (Å²) in [7, 11) is 0. The van der Waals surface area contributed by atoms with Gasteiger partial charge < -0.3 is 4.90 Å². The summed E-state index contributed by atoms with van der Waals surface area (Å²) in [6.45, 7) is 4.53. The summed E-state index contributed by atoms with van der Waals surface area (Å²) in [5.74, 6) is 0. The standard InChI is InChI=1S/C34H27N4/c1-23-13-3-7-17-28(23)36-24(2)37-30-19-9-5-15-26(30)25-14-4-8-18-29(25)35-22-12-11-21-32(35)38-31-20-10-6-16-27(31)33(36)34(37)38/h3-22,24H,1-2H3/q+1/t24-/m1/s1. The molecule has 0 radical (unpaired) electrons. The van der Waals surface area contributed by atoms with E-state index in [1.165, 1.54) is 55.3 Å². The minimum Gasteiger partial charge on any atom is -0.314 e. The highest BCUT2D eigenvalue weighted by Gasteiger charge is 2.37. The van der Waals surface area contributed by atoms with Crippen LogP contribution in [0, 0.1) is 6.92 Å². The SMILES string of the molecule is Cc1ccccc1N1c2c3ccccc3n3c2n(c2ccccc2c2ccccc2[n+]2ccccc32)[C@@H]1C. The van der Waals surface area contributed by atoms with E-state index in [1.54, 1.807) is 0 Å². The van der Waals surface area contributed by atoms with E-state index in [-0.39, 0.29) is 6.17 Å². The number of benzene rings is 4. The van der Waals surface area contributed by atoms with Crippen LogP contribution < -0.4 is 9.30 Å². The first-order chi connectivity index (χ1) is 18.7. The van der Waals surface area contributed by atoms with Crippen LogP contribution in [0.25, 0.3) is 44.0 Å². The fraction of sp³-hybridized carbons (Fsp3) is 0.0882. The fourth-order valence-corrected chi connectivity index (χ4v) is 6.49. The molecule has 1 aliphatic rings. The molecule has 0 bridgehead atoms. The molecule has 0 spiro atoms. The van der Waals surface area contributed by atoms with Gasteiger partial charge in [0.05, 0.1) is 17.1 Å². The first-order valence-electron chi connectivity index (χ1n) is 13.2. The van der Waals surface area contributed by atoms with Crippen LogP contribution in [-0.2, 0) is 0 Å². The van der Waals surface area contributed by atoms with Gasteiger partial charge in [-0.3, -0.25) is 4.57 Å². The molecule has 0 N–H and O–H groups in total. The van der Waals surface area contributed by atoms with E-state index >= 15 is 0 Å². The second kappa shape index (κ2) is 7.83. The maximum Gasteiger partial charge on any atom is 0.293 e. The normalized spacial score (nSPS) is 14.8. The lowest BCUT2D eigenvalue weighted by molar-refractivity contribution is -0.484. The zero-order chi connectivity index (χ0) is 25.4. The molecule has 38 heavy (non-hydrogen) atoms. The largest absolute Gasteiger partial charge is 0.314 e. The molecule has 4 aromatic carbocycles. The van der Waals surface area contributed by atoms with Gasteiger partial charge in [0.1, 0.15) is 22.9 Å². The highest BCUT2D eigenvalue weighted by molar-refractivity contribution is 6.09. The molecular weight excluding hydrogens is 464 g/mol. The van der Waals surface area contributed by atoms with Crippen molar-refractivity contribution in [2.75, 3.05) is 4.90 Å². The van der Waals surface area contributed by atoms with Crippen molar-refractivity contribution in [1.29, 1.82) is 0 Å². The minimum atomic E-state index is 0.0699. The van der Waals surface area contributed by atoms with Crippen LogP contribution in [0.3, 0.4) is 0 Å². The number of nitrogens with zero attached hydrogens (tertiary/aromatic N) is 4. The summed E-state index contributed by atoms with van der Waals surface area (Å²) in [6, 6.07) is 41.7. The third kappa shape index (κ3) is 2.72. The molecule has 1 aliphatic heterocycles. The number of fused-ring (bicyclic) bond motifs is 10. The van der Waals surface area contributed by atoms with Crippen molar-refractivity contribution in [3.05, 3.63) is 127 Å². The van der Waals surface area contributed by atoms with Gasteiger partial charge in [-0.05, 0) is 55.8 Å². The van der Waals surface area contributed by atoms with Gasteiger partial charge in [0.2, 0.25) is 5.65 Å². The smallest absolute Gasteiger partial charge is 0.293 e. The van der Waals surface area contributed by atoms with E-state index in [1.807, 2.05) is 0 Å². The second-order valence-electron chi connectivity index (χ2n) is 10.1. The number of rotatable bonds is 1. The Morgan fingerprint density at radius 2 is 1.29 bits per heavy atom. The number of hydrogen-bond acceptors (Lipinski definition) is 1. The van der Waals surface area contributed by atoms with Crippen LogP contribution in [0.1, 0.15) is 18.7 Å². The molecule has 0 saturated heterocycles. The highest BCUT2D eigenvalue weighted by atomic mass is 15.4. The van der Waals surface area contributed by atoms with Crippen molar-refractivity contribution >= 4 is 55.4 Å². The van der Waals surface area contributed by atoms with Gasteiger partial charge in [0.25, 0.3) is 5.65 Å². The highest BCUT2D eigenvalue weighted by Crippen LogP contribution is 2.49. The van der Waals surface area contributed by atoms with Gasteiger partial charge in [-0.1, -0.05) is 72.8 Å². The number of hydrogen-bond donors (Lipinski definition) is 0. The predicted octanol–water partition coefficient (Wildman–Crippen LogP) is 8.04. The Labute approximate surface area is 220 Å². The number of aromatic nitrogens is 3. The van der Waals surface area contributed by atoms with E-state index in [0.29, 0.717) is 0 Å². The Balaban J connectivity index is 1.76. The molecule has 0 saturated carbocycles. The Morgan fingerprint density at radius 3 is 2.13 bits per heavy atom. The van der Waals surface area contributed by atoms with Crippen LogP contribution in [0.5, 0.6) is 0 Å². The number of anilines is 2. The molecule has 7 aromatic rings. The summed E-state index contributed by atoms with van der Waals surface area (Å²) in [4.78, 5) is 2.53. The molecule has 4 heterocycles. The third-order valence-electron chi connectivity index (χ3n) is 8.10. The Kier molecular flexibility index (Phi) is 4.38. The van der Waals surface area contributed by atoms with Crippen molar-refractivity contribution in [1.82, 2.24) is 8.97 Å². The summed E-state index contributed by atoms with van der Waals surface area (Å²) in [5, 5.41) is 3.70. The molecular formula is C34H27N4+. The van der Waals surface area contributed by atoms with Crippen LogP contribution in [-0.4, -0.2) is 8.97 Å². The summed E-state index contributed by atoms with van der Waals surface area (Å²) < 4.78 is 7.33. The van der Waals surface area contributed by atoms with Crippen molar-refractivity contribution in [2.45, 2.75) is 20.0 Å². The average molecular weight is 492 g/mol. The first-order valence-corrected chi connectivity index (χ1v) is 13.2. The van der Waals surface area contributed by atoms with Crippen LogP contribution in [0.2, 0.25) is 0 Å². The monoisotopic (exact) mass is 491 g/mol. The van der Waals surface area contributed by atoms with E-state index in [9.17, 15) is 0 Å². The summed E-state index contributed by atoms with van der Waals surface area (Å²) in [6.07, 6.45) is 2.26. The number of aryl methyl sites for hydroxylation is 1. The van der Waals surface area contributed by atoms with E-state index in [2.05, 4.69) is 154 Å². The average Bonchev–Trinajstić information content (AvgIpc) is 3.45. The fourth-order valence-electron chi connectivity index (χ4n) is 6.49. The quantitative estimate of drug-likeness (QED) is 0.212. The topological polar surface area (TPSA) is 16.7 Å². The number of pyridine rings is 1. The Hall–Kier alpha value is -4.83. The van der Waals surface area contributed by atoms with Gasteiger partial charge in [0.15, 0.2) is 0 Å². The predicted molar refractivity (Wildman–Crippen MR) is 157 cm³/mol. The Bertz CT molecular complexity index is 2130. The van der Waals surface area contributed by atoms with Gasteiger partial charge in [-0.15, -0.1) is 0 Å². The molecule has 0 aliphatic carbocycles. The first kappa shape index (κ1) is 21.3. The molecule has 8 rings (SSSR count). The van der Waals surface area contributed by atoms with Crippen molar-refractivity contribution in [2.24, 2.45) is 0 Å². The molecule has 182 valence electrons.